The summed E-state index contributed by atoms with van der Waals surface area (Å²) >= 11 is 3.69. The van der Waals surface area contributed by atoms with E-state index in [2.05, 4.69) is 39.2 Å². The van der Waals surface area contributed by atoms with Crippen LogP contribution in [0.1, 0.15) is 54.1 Å². The zero-order chi connectivity index (χ0) is 15.7. The highest BCUT2D eigenvalue weighted by molar-refractivity contribution is 9.10. The first-order chi connectivity index (χ1) is 10.6. The summed E-state index contributed by atoms with van der Waals surface area (Å²) < 4.78 is 2.72. The van der Waals surface area contributed by atoms with E-state index in [4.69, 9.17) is 5.11 Å². The van der Waals surface area contributed by atoms with Crippen molar-refractivity contribution < 1.29 is 9.90 Å². The van der Waals surface area contributed by atoms with Crippen LogP contribution in [-0.2, 0) is 7.05 Å². The number of hydrogen-bond acceptors (Lipinski definition) is 2. The molecule has 0 radical (unpaired) electrons. The van der Waals surface area contributed by atoms with Crippen LogP contribution in [0.3, 0.4) is 0 Å². The first-order valence-corrected chi connectivity index (χ1v) is 8.42. The molecule has 5 heteroatoms. The molecule has 0 saturated heterocycles. The Bertz CT molecular complexity index is 703. The predicted octanol–water partition coefficient (Wildman–Crippen LogP) is 4.60. The lowest BCUT2D eigenvalue weighted by Crippen LogP contribution is -2.05. The summed E-state index contributed by atoms with van der Waals surface area (Å²) in [5.41, 5.74) is 3.23. The van der Waals surface area contributed by atoms with Gasteiger partial charge in [-0.3, -0.25) is 4.68 Å². The van der Waals surface area contributed by atoms with Crippen LogP contribution in [-0.4, -0.2) is 20.9 Å². The molecule has 1 aliphatic carbocycles. The van der Waals surface area contributed by atoms with Gasteiger partial charge in [0.15, 0.2) is 5.69 Å². The largest absolute Gasteiger partial charge is 0.476 e. The standard InChI is InChI=1S/C17H19BrN2O2/c1-20-16(10-15(19-20)17(21)22)12-7-8-13(14(18)9-12)11-5-3-2-4-6-11/h7-11H,2-6H2,1H3,(H,21,22). The number of hydrogen-bond donors (Lipinski definition) is 1. The molecule has 22 heavy (non-hydrogen) atoms. The number of halogens is 1. The smallest absolute Gasteiger partial charge is 0.356 e. The van der Waals surface area contributed by atoms with Gasteiger partial charge < -0.3 is 5.11 Å². The molecule has 2 aromatic rings. The Hall–Kier alpha value is -1.62. The Morgan fingerprint density at radius 2 is 2.00 bits per heavy atom. The summed E-state index contributed by atoms with van der Waals surface area (Å²) in [6.07, 6.45) is 6.48. The Morgan fingerprint density at radius 1 is 1.27 bits per heavy atom. The van der Waals surface area contributed by atoms with Crippen molar-refractivity contribution in [1.82, 2.24) is 9.78 Å². The highest BCUT2D eigenvalue weighted by Crippen LogP contribution is 2.38. The van der Waals surface area contributed by atoms with Crippen LogP contribution in [0, 0.1) is 0 Å². The van der Waals surface area contributed by atoms with Gasteiger partial charge in [-0.2, -0.15) is 5.10 Å². The number of carboxylic acids is 1. The summed E-state index contributed by atoms with van der Waals surface area (Å²) in [5.74, 6) is -0.363. The van der Waals surface area contributed by atoms with Crippen molar-refractivity contribution in [3.63, 3.8) is 0 Å². The molecule has 1 aromatic carbocycles. The molecule has 1 aliphatic rings. The van der Waals surface area contributed by atoms with E-state index in [1.54, 1.807) is 17.8 Å². The number of benzene rings is 1. The summed E-state index contributed by atoms with van der Waals surface area (Å²) in [5, 5.41) is 13.1. The van der Waals surface area contributed by atoms with Gasteiger partial charge in [0.2, 0.25) is 0 Å². The summed E-state index contributed by atoms with van der Waals surface area (Å²) in [4.78, 5) is 11.0. The molecule has 0 amide bonds. The van der Waals surface area contributed by atoms with E-state index in [1.807, 2.05) is 0 Å². The van der Waals surface area contributed by atoms with Gasteiger partial charge in [-0.25, -0.2) is 4.79 Å². The molecule has 4 nitrogen and oxygen atoms in total. The van der Waals surface area contributed by atoms with Crippen molar-refractivity contribution in [2.75, 3.05) is 0 Å². The van der Waals surface area contributed by atoms with Crippen LogP contribution in [0.25, 0.3) is 11.3 Å². The second-order valence-corrected chi connectivity index (χ2v) is 6.77. The monoisotopic (exact) mass is 362 g/mol. The summed E-state index contributed by atoms with van der Waals surface area (Å²) in [6.45, 7) is 0. The maximum absolute atomic E-state index is 11.0. The Kier molecular flexibility index (Phi) is 4.34. The molecular weight excluding hydrogens is 344 g/mol. The molecule has 0 unspecified atom stereocenters. The molecule has 1 aromatic heterocycles. The van der Waals surface area contributed by atoms with Gasteiger partial charge in [0.1, 0.15) is 0 Å². The molecule has 0 spiro atoms. The first kappa shape index (κ1) is 15.3. The second-order valence-electron chi connectivity index (χ2n) is 5.91. The third-order valence-corrected chi connectivity index (χ3v) is 5.13. The third-order valence-electron chi connectivity index (χ3n) is 4.44. The minimum atomic E-state index is -1.00. The fourth-order valence-corrected chi connectivity index (χ4v) is 3.98. The number of carboxylic acid groups (broad SMARTS) is 1. The molecule has 1 heterocycles. The van der Waals surface area contributed by atoms with Crippen molar-refractivity contribution >= 4 is 21.9 Å². The number of nitrogens with zero attached hydrogens (tertiary/aromatic N) is 2. The van der Waals surface area contributed by atoms with Crippen molar-refractivity contribution in [1.29, 1.82) is 0 Å². The molecule has 0 aliphatic heterocycles. The lowest BCUT2D eigenvalue weighted by molar-refractivity contribution is 0.0689. The van der Waals surface area contributed by atoms with Gasteiger partial charge in [0.05, 0.1) is 5.69 Å². The number of aryl methyl sites for hydroxylation is 1. The Labute approximate surface area is 138 Å². The van der Waals surface area contributed by atoms with Gasteiger partial charge in [-0.1, -0.05) is 47.3 Å². The Balaban J connectivity index is 1.93. The van der Waals surface area contributed by atoms with Crippen molar-refractivity contribution in [2.45, 2.75) is 38.0 Å². The number of aromatic carboxylic acids is 1. The van der Waals surface area contributed by atoms with Crippen molar-refractivity contribution in [3.8, 4) is 11.3 Å². The van der Waals surface area contributed by atoms with Crippen molar-refractivity contribution in [2.24, 2.45) is 7.05 Å². The third kappa shape index (κ3) is 2.95. The summed E-state index contributed by atoms with van der Waals surface area (Å²) in [7, 11) is 1.77. The highest BCUT2D eigenvalue weighted by Gasteiger charge is 2.19. The van der Waals surface area contributed by atoms with E-state index in [0.29, 0.717) is 5.92 Å². The van der Waals surface area contributed by atoms with Gasteiger partial charge in [0.25, 0.3) is 0 Å². The minimum Gasteiger partial charge on any atom is -0.476 e. The van der Waals surface area contributed by atoms with Crippen LogP contribution in [0.5, 0.6) is 0 Å². The average molecular weight is 363 g/mol. The fraction of sp³-hybridized carbons (Fsp3) is 0.412. The van der Waals surface area contributed by atoms with Crippen LogP contribution >= 0.6 is 15.9 Å². The van der Waals surface area contributed by atoms with Crippen LogP contribution in [0.15, 0.2) is 28.7 Å². The zero-order valence-electron chi connectivity index (χ0n) is 12.6. The van der Waals surface area contributed by atoms with Crippen LogP contribution in [0.2, 0.25) is 0 Å². The lowest BCUT2D eigenvalue weighted by atomic mass is 9.84. The van der Waals surface area contributed by atoms with Gasteiger partial charge in [-0.15, -0.1) is 0 Å². The van der Waals surface area contributed by atoms with Crippen LogP contribution < -0.4 is 0 Å². The lowest BCUT2D eigenvalue weighted by Gasteiger charge is -2.23. The number of aromatic nitrogens is 2. The minimum absolute atomic E-state index is 0.0741. The normalized spacial score (nSPS) is 15.9. The van der Waals surface area contributed by atoms with E-state index in [1.165, 1.54) is 37.7 Å². The van der Waals surface area contributed by atoms with E-state index in [9.17, 15) is 4.79 Å². The number of carbonyl (C=O) groups is 1. The van der Waals surface area contributed by atoms with Gasteiger partial charge >= 0.3 is 5.97 Å². The topological polar surface area (TPSA) is 55.1 Å². The molecule has 3 rings (SSSR count). The predicted molar refractivity (Wildman–Crippen MR) is 89.1 cm³/mol. The molecule has 0 bridgehead atoms. The molecular formula is C17H19BrN2O2. The molecule has 116 valence electrons. The quantitative estimate of drug-likeness (QED) is 0.867. The maximum Gasteiger partial charge on any atom is 0.356 e. The van der Waals surface area contributed by atoms with Gasteiger partial charge in [0, 0.05) is 17.1 Å². The van der Waals surface area contributed by atoms with E-state index < -0.39 is 5.97 Å². The van der Waals surface area contributed by atoms with Gasteiger partial charge in [-0.05, 0) is 36.5 Å². The van der Waals surface area contributed by atoms with Crippen molar-refractivity contribution in [3.05, 3.63) is 40.0 Å². The number of rotatable bonds is 3. The van der Waals surface area contributed by atoms with E-state index in [-0.39, 0.29) is 5.69 Å². The maximum atomic E-state index is 11.0. The fourth-order valence-electron chi connectivity index (χ4n) is 3.27. The van der Waals surface area contributed by atoms with Crippen LogP contribution in [0.4, 0.5) is 0 Å². The summed E-state index contributed by atoms with van der Waals surface area (Å²) in [6, 6.07) is 7.93. The molecule has 1 saturated carbocycles. The van der Waals surface area contributed by atoms with E-state index >= 15 is 0 Å². The Morgan fingerprint density at radius 3 is 2.59 bits per heavy atom. The zero-order valence-corrected chi connectivity index (χ0v) is 14.1. The SMILES string of the molecule is Cn1nc(C(=O)O)cc1-c1ccc(C2CCCCC2)c(Br)c1. The molecule has 1 N–H and O–H groups in total. The first-order valence-electron chi connectivity index (χ1n) is 7.63. The molecule has 1 fully saturated rings. The molecule has 0 atom stereocenters. The average Bonchev–Trinajstić information content (AvgIpc) is 2.90. The van der Waals surface area contributed by atoms with E-state index in [0.717, 1.165) is 15.7 Å². The second kappa shape index (κ2) is 6.24. The highest BCUT2D eigenvalue weighted by atomic mass is 79.9.